The summed E-state index contributed by atoms with van der Waals surface area (Å²) in [5.41, 5.74) is 7.49. The van der Waals surface area contributed by atoms with Crippen LogP contribution in [-0.4, -0.2) is 31.8 Å². The third-order valence-corrected chi connectivity index (χ3v) is 3.85. The second kappa shape index (κ2) is 7.92. The van der Waals surface area contributed by atoms with Crippen LogP contribution in [0.5, 0.6) is 5.75 Å². The first kappa shape index (κ1) is 16.5. The summed E-state index contributed by atoms with van der Waals surface area (Å²) in [6.07, 6.45) is 4.07. The van der Waals surface area contributed by atoms with Gasteiger partial charge in [0.25, 0.3) is 0 Å². The van der Waals surface area contributed by atoms with E-state index in [-0.39, 0.29) is 18.6 Å². The molecule has 1 unspecified atom stereocenters. The van der Waals surface area contributed by atoms with Crippen LogP contribution in [0.2, 0.25) is 0 Å². The Balaban J connectivity index is 2.02. The van der Waals surface area contributed by atoms with Gasteiger partial charge in [-0.3, -0.25) is 4.79 Å². The van der Waals surface area contributed by atoms with Gasteiger partial charge in [0.1, 0.15) is 24.1 Å². The van der Waals surface area contributed by atoms with Crippen molar-refractivity contribution >= 4 is 17.3 Å². The Morgan fingerprint density at radius 1 is 1.41 bits per heavy atom. The molecule has 5 heteroatoms. The Labute approximate surface area is 132 Å². The highest BCUT2D eigenvalue weighted by atomic mass is 16.5. The number of nitrogens with two attached hydrogens (primary N) is 1. The van der Waals surface area contributed by atoms with Crippen molar-refractivity contribution in [3.63, 3.8) is 0 Å². The second-order valence-corrected chi connectivity index (χ2v) is 5.65. The first-order chi connectivity index (χ1) is 10.7. The van der Waals surface area contributed by atoms with E-state index >= 15 is 0 Å². The van der Waals surface area contributed by atoms with Crippen LogP contribution < -0.4 is 15.4 Å². The Bertz CT molecular complexity index is 505. The molecule has 0 fully saturated rings. The van der Waals surface area contributed by atoms with Crippen LogP contribution in [0, 0.1) is 0 Å². The number of hydrogen-bond acceptors (Lipinski definition) is 5. The molecule has 0 amide bonds. The van der Waals surface area contributed by atoms with Crippen LogP contribution in [-0.2, 0) is 9.53 Å². The van der Waals surface area contributed by atoms with E-state index in [0.717, 1.165) is 37.1 Å². The predicted octanol–water partition coefficient (Wildman–Crippen LogP) is 2.98. The fourth-order valence-electron chi connectivity index (χ4n) is 2.62. The molecule has 2 rings (SSSR count). The van der Waals surface area contributed by atoms with E-state index in [1.807, 2.05) is 23.1 Å². The molecule has 2 N–H and O–H groups in total. The number of anilines is 2. The molecule has 1 atom stereocenters. The molecular weight excluding hydrogens is 280 g/mol. The van der Waals surface area contributed by atoms with Gasteiger partial charge in [-0.1, -0.05) is 32.8 Å². The van der Waals surface area contributed by atoms with Crippen molar-refractivity contribution in [2.75, 3.05) is 30.3 Å². The first-order valence-corrected chi connectivity index (χ1v) is 8.11. The average Bonchev–Trinajstić information content (AvgIpc) is 2.51. The first-order valence-electron chi connectivity index (χ1n) is 8.11. The van der Waals surface area contributed by atoms with E-state index in [4.69, 9.17) is 15.2 Å². The number of fused-ring (bicyclic) bond motifs is 1. The summed E-state index contributed by atoms with van der Waals surface area (Å²) < 4.78 is 11.2. The van der Waals surface area contributed by atoms with Crippen molar-refractivity contribution in [2.45, 2.75) is 45.6 Å². The summed E-state index contributed by atoms with van der Waals surface area (Å²) >= 11 is 0. The van der Waals surface area contributed by atoms with Crippen molar-refractivity contribution in [1.82, 2.24) is 0 Å². The van der Waals surface area contributed by atoms with Crippen LogP contribution in [0.1, 0.15) is 39.5 Å². The van der Waals surface area contributed by atoms with Crippen molar-refractivity contribution in [2.24, 2.45) is 0 Å². The fraction of sp³-hybridized carbons (Fsp3) is 0.588. The zero-order valence-electron chi connectivity index (χ0n) is 13.5. The Kier molecular flexibility index (Phi) is 5.92. The predicted molar refractivity (Wildman–Crippen MR) is 88.3 cm³/mol. The standard InChI is InChI=1S/C17H26N2O3/c1-3-5-6-10-21-16(20)12-19-11-13(4-2)22-15-9-7-8-14(18)17(15)19/h7-9,13H,3-6,10-12,18H2,1-2H3. The summed E-state index contributed by atoms with van der Waals surface area (Å²) in [4.78, 5) is 14.0. The molecule has 1 aromatic rings. The van der Waals surface area contributed by atoms with Gasteiger partial charge in [-0.05, 0) is 25.0 Å². The minimum Gasteiger partial charge on any atom is -0.486 e. The van der Waals surface area contributed by atoms with Gasteiger partial charge in [-0.2, -0.15) is 0 Å². The van der Waals surface area contributed by atoms with Crippen LogP contribution >= 0.6 is 0 Å². The normalized spacial score (nSPS) is 16.8. The molecule has 0 bridgehead atoms. The number of esters is 1. The molecular formula is C17H26N2O3. The summed E-state index contributed by atoms with van der Waals surface area (Å²) in [6, 6.07) is 5.59. The molecule has 0 saturated heterocycles. The molecule has 0 radical (unpaired) electrons. The minimum atomic E-state index is -0.206. The maximum absolute atomic E-state index is 12.0. The largest absolute Gasteiger partial charge is 0.486 e. The quantitative estimate of drug-likeness (QED) is 0.476. The Morgan fingerprint density at radius 3 is 2.95 bits per heavy atom. The highest BCUT2D eigenvalue weighted by Gasteiger charge is 2.28. The maximum atomic E-state index is 12.0. The highest BCUT2D eigenvalue weighted by molar-refractivity contribution is 5.82. The molecule has 22 heavy (non-hydrogen) atoms. The molecule has 1 aliphatic rings. The van der Waals surface area contributed by atoms with E-state index in [2.05, 4.69) is 13.8 Å². The molecule has 0 aromatic heterocycles. The number of unbranched alkanes of at least 4 members (excludes halogenated alkanes) is 2. The molecule has 0 aliphatic carbocycles. The third-order valence-electron chi connectivity index (χ3n) is 3.85. The van der Waals surface area contributed by atoms with Crippen molar-refractivity contribution in [3.8, 4) is 5.75 Å². The number of nitrogen functional groups attached to an aromatic ring is 1. The lowest BCUT2D eigenvalue weighted by Gasteiger charge is -2.36. The van der Waals surface area contributed by atoms with E-state index in [1.54, 1.807) is 0 Å². The lowest BCUT2D eigenvalue weighted by atomic mass is 10.1. The number of para-hydroxylation sites is 1. The lowest BCUT2D eigenvalue weighted by Crippen LogP contribution is -2.43. The second-order valence-electron chi connectivity index (χ2n) is 5.65. The number of hydrogen-bond donors (Lipinski definition) is 1. The summed E-state index contributed by atoms with van der Waals surface area (Å²) in [5.74, 6) is 0.541. The van der Waals surface area contributed by atoms with Gasteiger partial charge in [0.05, 0.1) is 18.8 Å². The molecule has 0 saturated carbocycles. The number of carbonyl (C=O) groups is 1. The van der Waals surface area contributed by atoms with Crippen LogP contribution in [0.3, 0.4) is 0 Å². The number of rotatable bonds is 7. The van der Waals surface area contributed by atoms with Crippen molar-refractivity contribution < 1.29 is 14.3 Å². The van der Waals surface area contributed by atoms with E-state index in [0.29, 0.717) is 18.8 Å². The van der Waals surface area contributed by atoms with Gasteiger partial charge in [0.15, 0.2) is 0 Å². The zero-order valence-corrected chi connectivity index (χ0v) is 13.5. The molecule has 1 heterocycles. The molecule has 5 nitrogen and oxygen atoms in total. The smallest absolute Gasteiger partial charge is 0.325 e. The van der Waals surface area contributed by atoms with Gasteiger partial charge in [-0.25, -0.2) is 0 Å². The average molecular weight is 306 g/mol. The van der Waals surface area contributed by atoms with E-state index in [9.17, 15) is 4.79 Å². The maximum Gasteiger partial charge on any atom is 0.325 e. The van der Waals surface area contributed by atoms with E-state index in [1.165, 1.54) is 0 Å². The minimum absolute atomic E-state index is 0.0715. The number of carbonyl (C=O) groups excluding carboxylic acids is 1. The summed E-state index contributed by atoms with van der Waals surface area (Å²) in [7, 11) is 0. The molecule has 0 spiro atoms. The van der Waals surface area contributed by atoms with Gasteiger partial charge >= 0.3 is 5.97 Å². The van der Waals surface area contributed by atoms with Gasteiger partial charge < -0.3 is 20.1 Å². The monoisotopic (exact) mass is 306 g/mol. The zero-order chi connectivity index (χ0) is 15.9. The molecule has 1 aliphatic heterocycles. The van der Waals surface area contributed by atoms with Crippen molar-refractivity contribution in [1.29, 1.82) is 0 Å². The number of benzene rings is 1. The topological polar surface area (TPSA) is 64.8 Å². The number of nitrogens with zero attached hydrogens (tertiary/aromatic N) is 1. The molecule has 122 valence electrons. The summed E-state index contributed by atoms with van der Waals surface area (Å²) in [6.45, 7) is 5.56. The molecule has 1 aromatic carbocycles. The van der Waals surface area contributed by atoms with Crippen LogP contribution in [0.25, 0.3) is 0 Å². The lowest BCUT2D eigenvalue weighted by molar-refractivity contribution is -0.142. The Morgan fingerprint density at radius 2 is 2.23 bits per heavy atom. The van der Waals surface area contributed by atoms with Gasteiger partial charge in [0, 0.05) is 0 Å². The van der Waals surface area contributed by atoms with E-state index < -0.39 is 0 Å². The van der Waals surface area contributed by atoms with Crippen LogP contribution in [0.15, 0.2) is 18.2 Å². The van der Waals surface area contributed by atoms with Gasteiger partial charge in [0.2, 0.25) is 0 Å². The fourth-order valence-corrected chi connectivity index (χ4v) is 2.62. The highest BCUT2D eigenvalue weighted by Crippen LogP contribution is 2.38. The SMILES string of the molecule is CCCCCOC(=O)CN1CC(CC)Oc2cccc(N)c21. The van der Waals surface area contributed by atoms with Crippen molar-refractivity contribution in [3.05, 3.63) is 18.2 Å². The summed E-state index contributed by atoms with van der Waals surface area (Å²) in [5, 5.41) is 0. The van der Waals surface area contributed by atoms with Crippen LogP contribution in [0.4, 0.5) is 11.4 Å². The Hall–Kier alpha value is -1.91. The third kappa shape index (κ3) is 4.06. The number of ether oxygens (including phenoxy) is 2. The van der Waals surface area contributed by atoms with Gasteiger partial charge in [-0.15, -0.1) is 0 Å².